The fourth-order valence-electron chi connectivity index (χ4n) is 1.24. The van der Waals surface area contributed by atoms with Crippen LogP contribution >= 0.6 is 0 Å². The first kappa shape index (κ1) is 12.0. The van der Waals surface area contributed by atoms with Crippen LogP contribution in [0.25, 0.3) is 0 Å². The molecular weight excluding hydrogens is 207 g/mol. The summed E-state index contributed by atoms with van der Waals surface area (Å²) < 4.78 is 36.9. The first-order valence-corrected chi connectivity index (χ1v) is 4.42. The average molecular weight is 219 g/mol. The van der Waals surface area contributed by atoms with Crippen molar-refractivity contribution < 1.29 is 18.3 Å². The maximum atomic E-state index is 12.3. The fraction of sp³-hybridized carbons (Fsp3) is 0.500. The molecular formula is C10H12F3NO. The predicted octanol–water partition coefficient (Wildman–Crippen LogP) is 2.41. The molecule has 1 heterocycles. The number of aromatic nitrogens is 1. The van der Waals surface area contributed by atoms with Gasteiger partial charge in [0.1, 0.15) is 0 Å². The van der Waals surface area contributed by atoms with Crippen LogP contribution in [0, 0.1) is 0 Å². The van der Waals surface area contributed by atoms with Gasteiger partial charge in [0.05, 0.1) is 11.2 Å². The van der Waals surface area contributed by atoms with Crippen LogP contribution in [0.5, 0.6) is 0 Å². The van der Waals surface area contributed by atoms with E-state index in [1.807, 2.05) is 0 Å². The molecule has 0 amide bonds. The molecule has 2 nitrogen and oxygen atoms in total. The molecule has 0 saturated heterocycles. The summed E-state index contributed by atoms with van der Waals surface area (Å²) in [5.74, 6) is 0. The molecule has 1 aromatic heterocycles. The Labute approximate surface area is 85.8 Å². The Kier molecular flexibility index (Phi) is 3.04. The first-order valence-electron chi connectivity index (χ1n) is 4.42. The molecule has 1 N–H and O–H groups in total. The Morgan fingerprint density at radius 2 is 1.87 bits per heavy atom. The maximum absolute atomic E-state index is 12.3. The Morgan fingerprint density at radius 1 is 1.27 bits per heavy atom. The average Bonchev–Trinajstić information content (AvgIpc) is 1.99. The van der Waals surface area contributed by atoms with Gasteiger partial charge in [-0.05, 0) is 25.5 Å². The van der Waals surface area contributed by atoms with Crippen molar-refractivity contribution in [3.63, 3.8) is 0 Å². The van der Waals surface area contributed by atoms with E-state index in [0.717, 1.165) is 12.3 Å². The predicted molar refractivity (Wildman–Crippen MR) is 49.2 cm³/mol. The van der Waals surface area contributed by atoms with Crippen molar-refractivity contribution in [3.8, 4) is 0 Å². The number of nitrogens with zero attached hydrogens (tertiary/aromatic N) is 1. The number of rotatable bonds is 2. The third-order valence-electron chi connectivity index (χ3n) is 1.76. The molecule has 15 heavy (non-hydrogen) atoms. The highest BCUT2D eigenvalue weighted by molar-refractivity contribution is 5.21. The quantitative estimate of drug-likeness (QED) is 0.828. The van der Waals surface area contributed by atoms with Crippen LogP contribution < -0.4 is 0 Å². The number of hydrogen-bond acceptors (Lipinski definition) is 2. The van der Waals surface area contributed by atoms with Gasteiger partial charge in [-0.15, -0.1) is 0 Å². The third kappa shape index (κ3) is 3.87. The van der Waals surface area contributed by atoms with Crippen LogP contribution in [0.2, 0.25) is 0 Å². The third-order valence-corrected chi connectivity index (χ3v) is 1.76. The van der Waals surface area contributed by atoms with Crippen LogP contribution in [0.15, 0.2) is 18.5 Å². The van der Waals surface area contributed by atoms with Crippen molar-refractivity contribution in [1.82, 2.24) is 4.98 Å². The van der Waals surface area contributed by atoms with Crippen molar-refractivity contribution in [2.75, 3.05) is 0 Å². The second-order valence-electron chi connectivity index (χ2n) is 4.07. The van der Waals surface area contributed by atoms with Crippen molar-refractivity contribution in [1.29, 1.82) is 0 Å². The monoisotopic (exact) mass is 219 g/mol. The molecule has 0 bridgehead atoms. The summed E-state index contributed by atoms with van der Waals surface area (Å²) in [7, 11) is 0. The summed E-state index contributed by atoms with van der Waals surface area (Å²) in [6.45, 7) is 3.07. The highest BCUT2D eigenvalue weighted by Crippen LogP contribution is 2.29. The molecule has 0 unspecified atom stereocenters. The van der Waals surface area contributed by atoms with Gasteiger partial charge in [-0.1, -0.05) is 0 Å². The molecule has 84 valence electrons. The Bertz CT molecular complexity index is 341. The van der Waals surface area contributed by atoms with Gasteiger partial charge in [-0.3, -0.25) is 4.98 Å². The summed E-state index contributed by atoms with van der Waals surface area (Å²) in [6, 6.07) is 1.00. The van der Waals surface area contributed by atoms with E-state index in [4.69, 9.17) is 0 Å². The Balaban J connectivity index is 2.94. The molecule has 1 rings (SSSR count). The van der Waals surface area contributed by atoms with Gasteiger partial charge in [0.15, 0.2) is 0 Å². The molecule has 0 saturated carbocycles. The Morgan fingerprint density at radius 3 is 2.33 bits per heavy atom. The maximum Gasteiger partial charge on any atom is 0.417 e. The van der Waals surface area contributed by atoms with Gasteiger partial charge in [-0.2, -0.15) is 13.2 Å². The standard InChI is InChI=1S/C10H12F3NO/c1-9(2,15)4-7-3-8(6-14-5-7)10(11,12)13/h3,5-6,15H,4H2,1-2H3. The van der Waals surface area contributed by atoms with Crippen LogP contribution in [0.4, 0.5) is 13.2 Å². The minimum atomic E-state index is -4.39. The van der Waals surface area contributed by atoms with Gasteiger partial charge in [-0.25, -0.2) is 0 Å². The van der Waals surface area contributed by atoms with E-state index in [9.17, 15) is 18.3 Å². The summed E-state index contributed by atoms with van der Waals surface area (Å²) in [6.07, 6.45) is -2.15. The second-order valence-corrected chi connectivity index (χ2v) is 4.07. The summed E-state index contributed by atoms with van der Waals surface area (Å²) in [5.41, 5.74) is -1.45. The Hall–Kier alpha value is -1.10. The molecule has 0 radical (unpaired) electrons. The number of pyridine rings is 1. The normalized spacial score (nSPS) is 12.9. The van der Waals surface area contributed by atoms with Crippen LogP contribution in [0.1, 0.15) is 25.0 Å². The SMILES string of the molecule is CC(C)(O)Cc1cncc(C(F)(F)F)c1. The molecule has 0 aliphatic heterocycles. The van der Waals surface area contributed by atoms with Crippen molar-refractivity contribution >= 4 is 0 Å². The van der Waals surface area contributed by atoms with E-state index < -0.39 is 17.3 Å². The van der Waals surface area contributed by atoms with E-state index in [2.05, 4.69) is 4.98 Å². The van der Waals surface area contributed by atoms with Crippen molar-refractivity contribution in [2.45, 2.75) is 32.0 Å². The van der Waals surface area contributed by atoms with E-state index in [1.54, 1.807) is 0 Å². The smallest absolute Gasteiger partial charge is 0.390 e. The second kappa shape index (κ2) is 3.81. The summed E-state index contributed by atoms with van der Waals surface area (Å²) in [4.78, 5) is 3.50. The lowest BCUT2D eigenvalue weighted by Gasteiger charge is -2.17. The lowest BCUT2D eigenvalue weighted by Crippen LogP contribution is -2.22. The topological polar surface area (TPSA) is 33.1 Å². The van der Waals surface area contributed by atoms with E-state index in [0.29, 0.717) is 5.56 Å². The highest BCUT2D eigenvalue weighted by atomic mass is 19.4. The molecule has 5 heteroatoms. The van der Waals surface area contributed by atoms with Gasteiger partial charge in [0, 0.05) is 18.8 Å². The largest absolute Gasteiger partial charge is 0.417 e. The number of halogens is 3. The zero-order chi connectivity index (χ0) is 11.7. The fourth-order valence-corrected chi connectivity index (χ4v) is 1.24. The van der Waals surface area contributed by atoms with Gasteiger partial charge < -0.3 is 5.11 Å². The first-order chi connectivity index (χ1) is 6.68. The van der Waals surface area contributed by atoms with Crippen LogP contribution in [0.3, 0.4) is 0 Å². The molecule has 0 aliphatic rings. The number of aliphatic hydroxyl groups is 1. The highest BCUT2D eigenvalue weighted by Gasteiger charge is 2.31. The van der Waals surface area contributed by atoms with Gasteiger partial charge in [0.2, 0.25) is 0 Å². The minimum Gasteiger partial charge on any atom is -0.390 e. The van der Waals surface area contributed by atoms with E-state index in [-0.39, 0.29) is 6.42 Å². The lowest BCUT2D eigenvalue weighted by molar-refractivity contribution is -0.137. The van der Waals surface area contributed by atoms with Gasteiger partial charge in [0.25, 0.3) is 0 Å². The van der Waals surface area contributed by atoms with Crippen LogP contribution in [-0.2, 0) is 12.6 Å². The van der Waals surface area contributed by atoms with Crippen molar-refractivity contribution in [3.05, 3.63) is 29.6 Å². The molecule has 0 aliphatic carbocycles. The zero-order valence-electron chi connectivity index (χ0n) is 8.47. The summed E-state index contributed by atoms with van der Waals surface area (Å²) >= 11 is 0. The minimum absolute atomic E-state index is 0.143. The molecule has 0 fully saturated rings. The molecule has 0 aromatic carbocycles. The molecule has 1 aromatic rings. The number of hydrogen-bond donors (Lipinski definition) is 1. The van der Waals surface area contributed by atoms with E-state index in [1.165, 1.54) is 20.0 Å². The molecule has 0 spiro atoms. The number of alkyl halides is 3. The lowest BCUT2D eigenvalue weighted by atomic mass is 9.99. The van der Waals surface area contributed by atoms with Crippen molar-refractivity contribution in [2.24, 2.45) is 0 Å². The van der Waals surface area contributed by atoms with E-state index >= 15 is 0 Å². The summed E-state index contributed by atoms with van der Waals surface area (Å²) in [5, 5.41) is 9.46. The van der Waals surface area contributed by atoms with Gasteiger partial charge >= 0.3 is 6.18 Å². The van der Waals surface area contributed by atoms with Crippen LogP contribution in [-0.4, -0.2) is 15.7 Å². The molecule has 0 atom stereocenters. The zero-order valence-corrected chi connectivity index (χ0v) is 8.47.